The van der Waals surface area contributed by atoms with E-state index >= 15 is 0 Å². The normalized spacial score (nSPS) is 21.6. The van der Waals surface area contributed by atoms with Gasteiger partial charge in [-0.3, -0.25) is 4.79 Å². The van der Waals surface area contributed by atoms with Crippen molar-refractivity contribution in [3.05, 3.63) is 54.4 Å². The monoisotopic (exact) mass is 386 g/mol. The largest absolute Gasteiger partial charge is 0.339 e. The molecular formula is C19H22N4O3S. The number of aromatic nitrogens is 2. The van der Waals surface area contributed by atoms with Crippen molar-refractivity contribution in [2.24, 2.45) is 5.41 Å². The number of amides is 1. The first kappa shape index (κ1) is 18.1. The zero-order chi connectivity index (χ0) is 18.9. The molecule has 2 aliphatic rings. The number of rotatable bonds is 4. The van der Waals surface area contributed by atoms with E-state index in [1.807, 2.05) is 4.90 Å². The fraction of sp³-hybridized carbons (Fsp3) is 0.421. The summed E-state index contributed by atoms with van der Waals surface area (Å²) in [4.78, 5) is 14.7. The molecule has 1 aliphatic heterocycles. The maximum Gasteiger partial charge on any atom is 0.255 e. The average Bonchev–Trinajstić information content (AvgIpc) is 2.72. The third-order valence-corrected chi connectivity index (χ3v) is 7.39. The Hall–Kier alpha value is -2.32. The van der Waals surface area contributed by atoms with Gasteiger partial charge < -0.3 is 4.90 Å². The Morgan fingerprint density at radius 3 is 2.41 bits per heavy atom. The summed E-state index contributed by atoms with van der Waals surface area (Å²) in [5.41, 5.74) is 0.491. The van der Waals surface area contributed by atoms with Gasteiger partial charge in [0.05, 0.1) is 22.9 Å². The number of nitrogens with one attached hydrogen (secondary N) is 1. The fourth-order valence-corrected chi connectivity index (χ4v) is 5.48. The van der Waals surface area contributed by atoms with Crippen LogP contribution in [-0.4, -0.2) is 48.6 Å². The Morgan fingerprint density at radius 1 is 1.07 bits per heavy atom. The van der Waals surface area contributed by atoms with Crippen LogP contribution in [0.25, 0.3) is 0 Å². The molecule has 1 atom stereocenters. The zero-order valence-electron chi connectivity index (χ0n) is 14.9. The van der Waals surface area contributed by atoms with Gasteiger partial charge in [0, 0.05) is 19.1 Å². The van der Waals surface area contributed by atoms with Gasteiger partial charge >= 0.3 is 0 Å². The van der Waals surface area contributed by atoms with Gasteiger partial charge in [0.25, 0.3) is 5.91 Å². The van der Waals surface area contributed by atoms with Gasteiger partial charge in [0.15, 0.2) is 0 Å². The molecule has 0 radical (unpaired) electrons. The Balaban J connectivity index is 1.41. The summed E-state index contributed by atoms with van der Waals surface area (Å²) < 4.78 is 28.2. The molecule has 4 rings (SSSR count). The van der Waals surface area contributed by atoms with Crippen molar-refractivity contribution in [3.63, 3.8) is 0 Å². The molecule has 1 amide bonds. The van der Waals surface area contributed by atoms with Crippen LogP contribution in [0.15, 0.2) is 53.7 Å². The van der Waals surface area contributed by atoms with E-state index in [2.05, 4.69) is 14.9 Å². The first-order valence-electron chi connectivity index (χ1n) is 9.14. The van der Waals surface area contributed by atoms with E-state index in [9.17, 15) is 13.2 Å². The van der Waals surface area contributed by atoms with Crippen molar-refractivity contribution in [3.8, 4) is 0 Å². The molecule has 2 aromatic rings. The van der Waals surface area contributed by atoms with Crippen LogP contribution in [0, 0.1) is 5.41 Å². The number of hydrogen-bond acceptors (Lipinski definition) is 5. The number of benzene rings is 1. The molecule has 0 bridgehead atoms. The molecule has 8 heteroatoms. The SMILES string of the molecule is O=C(c1ccnnc1)N1CCC2(CC[C@H]2NS(=O)(=O)c2ccccc2)CC1. The molecule has 0 unspecified atom stereocenters. The minimum absolute atomic E-state index is 0.0412. The molecule has 1 saturated heterocycles. The molecule has 27 heavy (non-hydrogen) atoms. The third-order valence-electron chi connectivity index (χ3n) is 5.90. The van der Waals surface area contributed by atoms with Crippen molar-refractivity contribution in [2.45, 2.75) is 36.6 Å². The molecule has 1 aromatic carbocycles. The van der Waals surface area contributed by atoms with E-state index in [1.165, 1.54) is 12.4 Å². The summed E-state index contributed by atoms with van der Waals surface area (Å²) in [6.45, 7) is 1.26. The predicted octanol–water partition coefficient (Wildman–Crippen LogP) is 1.84. The van der Waals surface area contributed by atoms with Crippen LogP contribution in [0.1, 0.15) is 36.0 Å². The Kier molecular flexibility index (Phi) is 4.69. The molecule has 2 fully saturated rings. The highest BCUT2D eigenvalue weighted by Crippen LogP contribution is 2.49. The van der Waals surface area contributed by atoms with E-state index < -0.39 is 10.0 Å². The lowest BCUT2D eigenvalue weighted by molar-refractivity contribution is 0.00507. The van der Waals surface area contributed by atoms with Crippen molar-refractivity contribution in [1.82, 2.24) is 19.8 Å². The number of likely N-dealkylation sites (tertiary alicyclic amines) is 1. The van der Waals surface area contributed by atoms with Crippen molar-refractivity contribution in [1.29, 1.82) is 0 Å². The summed E-state index contributed by atoms with van der Waals surface area (Å²) in [6, 6.07) is 10.1. The standard InChI is InChI=1S/C19H22N4O3S/c24-18(15-7-11-20-21-14-15)23-12-9-19(10-13-23)8-6-17(19)22-27(25,26)16-4-2-1-3-5-16/h1-5,7,11,14,17,22H,6,8-10,12-13H2/t17-/m1/s1. The molecule has 1 spiro atoms. The summed E-state index contributed by atoms with van der Waals surface area (Å²) >= 11 is 0. The van der Waals surface area contributed by atoms with E-state index in [4.69, 9.17) is 0 Å². The van der Waals surface area contributed by atoms with Crippen molar-refractivity contribution < 1.29 is 13.2 Å². The zero-order valence-corrected chi connectivity index (χ0v) is 15.7. The fourth-order valence-electron chi connectivity index (χ4n) is 4.09. The van der Waals surface area contributed by atoms with Gasteiger partial charge in [-0.25, -0.2) is 13.1 Å². The second-order valence-electron chi connectivity index (χ2n) is 7.31. The lowest BCUT2D eigenvalue weighted by Crippen LogP contribution is -2.59. The Labute approximate surface area is 158 Å². The molecule has 142 valence electrons. The Bertz CT molecular complexity index is 910. The predicted molar refractivity (Wildman–Crippen MR) is 99.4 cm³/mol. The average molecular weight is 386 g/mol. The first-order valence-corrected chi connectivity index (χ1v) is 10.6. The maximum atomic E-state index is 12.6. The lowest BCUT2D eigenvalue weighted by atomic mass is 9.59. The van der Waals surface area contributed by atoms with Crippen LogP contribution in [-0.2, 0) is 10.0 Å². The second kappa shape index (κ2) is 7.01. The third kappa shape index (κ3) is 3.46. The minimum atomic E-state index is -3.51. The number of carbonyl (C=O) groups excluding carboxylic acids is 1. The molecule has 7 nitrogen and oxygen atoms in total. The van der Waals surface area contributed by atoms with Crippen LogP contribution < -0.4 is 4.72 Å². The van der Waals surface area contributed by atoms with Crippen LogP contribution in [0.3, 0.4) is 0 Å². The molecule has 1 N–H and O–H groups in total. The summed E-state index contributed by atoms with van der Waals surface area (Å²) in [5, 5.41) is 7.46. The van der Waals surface area contributed by atoms with Gasteiger partial charge in [-0.2, -0.15) is 10.2 Å². The van der Waals surface area contributed by atoms with Crippen LogP contribution in [0.5, 0.6) is 0 Å². The first-order chi connectivity index (χ1) is 13.0. The molecule has 1 saturated carbocycles. The van der Waals surface area contributed by atoms with Crippen molar-refractivity contribution >= 4 is 15.9 Å². The van der Waals surface area contributed by atoms with E-state index in [0.717, 1.165) is 25.7 Å². The Morgan fingerprint density at radius 2 is 1.81 bits per heavy atom. The van der Waals surface area contributed by atoms with Crippen LogP contribution >= 0.6 is 0 Å². The maximum absolute atomic E-state index is 12.6. The quantitative estimate of drug-likeness (QED) is 0.866. The molecule has 1 aliphatic carbocycles. The summed E-state index contributed by atoms with van der Waals surface area (Å²) in [7, 11) is -3.51. The van der Waals surface area contributed by atoms with Gasteiger partial charge in [-0.15, -0.1) is 0 Å². The number of hydrogen-bond donors (Lipinski definition) is 1. The molecule has 1 aromatic heterocycles. The highest BCUT2D eigenvalue weighted by atomic mass is 32.2. The smallest absolute Gasteiger partial charge is 0.255 e. The summed E-state index contributed by atoms with van der Waals surface area (Å²) in [5.74, 6) is -0.0412. The van der Waals surface area contributed by atoms with E-state index in [1.54, 1.807) is 36.4 Å². The van der Waals surface area contributed by atoms with E-state index in [-0.39, 0.29) is 17.4 Å². The molecular weight excluding hydrogens is 364 g/mol. The topological polar surface area (TPSA) is 92.3 Å². The number of nitrogens with zero attached hydrogens (tertiary/aromatic N) is 3. The number of piperidine rings is 1. The van der Waals surface area contributed by atoms with Crippen LogP contribution in [0.4, 0.5) is 0 Å². The van der Waals surface area contributed by atoms with Gasteiger partial charge in [0.2, 0.25) is 10.0 Å². The number of sulfonamides is 1. The molecule has 2 heterocycles. The van der Waals surface area contributed by atoms with Gasteiger partial charge in [-0.05, 0) is 49.3 Å². The summed E-state index contributed by atoms with van der Waals surface area (Å²) in [6.07, 6.45) is 6.44. The van der Waals surface area contributed by atoms with Crippen LogP contribution in [0.2, 0.25) is 0 Å². The van der Waals surface area contributed by atoms with Crippen molar-refractivity contribution in [2.75, 3.05) is 13.1 Å². The minimum Gasteiger partial charge on any atom is -0.339 e. The lowest BCUT2D eigenvalue weighted by Gasteiger charge is -2.53. The van der Waals surface area contributed by atoms with Gasteiger partial charge in [-0.1, -0.05) is 18.2 Å². The highest BCUT2D eigenvalue weighted by molar-refractivity contribution is 7.89. The van der Waals surface area contributed by atoms with Gasteiger partial charge in [0.1, 0.15) is 0 Å². The van der Waals surface area contributed by atoms with E-state index in [0.29, 0.717) is 23.5 Å². The highest BCUT2D eigenvalue weighted by Gasteiger charge is 2.50. The second-order valence-corrected chi connectivity index (χ2v) is 9.03. The number of carbonyl (C=O) groups is 1.